The largest absolute Gasteiger partial charge is 0.368 e. The van der Waals surface area contributed by atoms with Crippen molar-refractivity contribution in [2.75, 3.05) is 11.9 Å². The van der Waals surface area contributed by atoms with Gasteiger partial charge in [-0.25, -0.2) is 9.78 Å². The van der Waals surface area contributed by atoms with Gasteiger partial charge in [0.2, 0.25) is 0 Å². The van der Waals surface area contributed by atoms with Crippen LogP contribution in [0.1, 0.15) is 36.5 Å². The van der Waals surface area contributed by atoms with Crippen LogP contribution in [0.5, 0.6) is 0 Å². The third-order valence-corrected chi connectivity index (χ3v) is 4.33. The number of urea groups is 1. The Labute approximate surface area is 155 Å². The predicted molar refractivity (Wildman–Crippen MR) is 96.4 cm³/mol. The minimum absolute atomic E-state index is 0.127. The molecule has 1 atom stereocenters. The molecule has 1 aliphatic rings. The zero-order valence-electron chi connectivity index (χ0n) is 14.9. The van der Waals surface area contributed by atoms with E-state index >= 15 is 0 Å². The number of ether oxygens (including phenoxy) is 1. The number of imidazole rings is 1. The van der Waals surface area contributed by atoms with Crippen molar-refractivity contribution >= 4 is 11.7 Å². The van der Waals surface area contributed by atoms with Gasteiger partial charge in [-0.2, -0.15) is 4.98 Å². The summed E-state index contributed by atoms with van der Waals surface area (Å²) in [4.78, 5) is 20.5. The lowest BCUT2D eigenvalue weighted by Crippen LogP contribution is -2.28. The van der Waals surface area contributed by atoms with Crippen molar-refractivity contribution in [3.8, 4) is 5.69 Å². The molecular formula is C18H20N6O3. The number of amides is 2. The molecule has 4 rings (SSSR count). The molecule has 2 amide bonds. The van der Waals surface area contributed by atoms with Crippen molar-refractivity contribution in [2.45, 2.75) is 32.4 Å². The number of anilines is 1. The summed E-state index contributed by atoms with van der Waals surface area (Å²) in [5, 5.41) is 9.36. The van der Waals surface area contributed by atoms with Gasteiger partial charge in [-0.1, -0.05) is 5.16 Å². The summed E-state index contributed by atoms with van der Waals surface area (Å²) in [6, 6.07) is 7.15. The van der Waals surface area contributed by atoms with Gasteiger partial charge >= 0.3 is 6.03 Å². The summed E-state index contributed by atoms with van der Waals surface area (Å²) in [6.07, 6.45) is 5.38. The van der Waals surface area contributed by atoms with Crippen LogP contribution in [0, 0.1) is 6.92 Å². The van der Waals surface area contributed by atoms with Gasteiger partial charge in [-0.15, -0.1) is 0 Å². The summed E-state index contributed by atoms with van der Waals surface area (Å²) in [6.45, 7) is 2.82. The smallest absolute Gasteiger partial charge is 0.319 e. The van der Waals surface area contributed by atoms with Crippen LogP contribution >= 0.6 is 0 Å². The normalized spacial score (nSPS) is 16.4. The van der Waals surface area contributed by atoms with Gasteiger partial charge in [-0.3, -0.25) is 0 Å². The topological polar surface area (TPSA) is 107 Å². The van der Waals surface area contributed by atoms with Crippen LogP contribution < -0.4 is 10.6 Å². The average Bonchev–Trinajstić information content (AvgIpc) is 3.42. The molecule has 0 radical (unpaired) electrons. The molecule has 1 saturated heterocycles. The highest BCUT2D eigenvalue weighted by molar-refractivity contribution is 5.89. The molecule has 1 aromatic carbocycles. The zero-order chi connectivity index (χ0) is 18.6. The van der Waals surface area contributed by atoms with E-state index in [0.717, 1.165) is 24.4 Å². The number of aromatic nitrogens is 4. The summed E-state index contributed by atoms with van der Waals surface area (Å²) in [5.41, 5.74) is 1.66. The van der Waals surface area contributed by atoms with Crippen molar-refractivity contribution in [1.29, 1.82) is 0 Å². The molecule has 9 heteroatoms. The lowest BCUT2D eigenvalue weighted by atomic mass is 10.2. The SMILES string of the molecule is Cc1nccn1-c1ccc(NC(=O)NCc2noc([C@H]3CCCO3)n2)cc1. The summed E-state index contributed by atoms with van der Waals surface area (Å²) in [7, 11) is 0. The highest BCUT2D eigenvalue weighted by Crippen LogP contribution is 2.26. The molecular weight excluding hydrogens is 348 g/mol. The Bertz CT molecular complexity index is 911. The summed E-state index contributed by atoms with van der Waals surface area (Å²) in [5.74, 6) is 1.78. The molecule has 1 fully saturated rings. The van der Waals surface area contributed by atoms with E-state index in [1.54, 1.807) is 6.20 Å². The van der Waals surface area contributed by atoms with E-state index in [1.807, 2.05) is 42.0 Å². The Hall–Kier alpha value is -3.20. The lowest BCUT2D eigenvalue weighted by molar-refractivity contribution is 0.0835. The van der Waals surface area contributed by atoms with Crippen LogP contribution in [-0.2, 0) is 11.3 Å². The number of nitrogens with one attached hydrogen (secondary N) is 2. The molecule has 0 spiro atoms. The molecule has 2 aromatic heterocycles. The van der Waals surface area contributed by atoms with Gasteiger partial charge in [0.25, 0.3) is 5.89 Å². The van der Waals surface area contributed by atoms with Crippen LogP contribution in [0.15, 0.2) is 41.2 Å². The maximum absolute atomic E-state index is 12.1. The molecule has 3 aromatic rings. The number of benzene rings is 1. The van der Waals surface area contributed by atoms with Gasteiger partial charge in [-0.05, 0) is 44.0 Å². The van der Waals surface area contributed by atoms with E-state index in [-0.39, 0.29) is 18.7 Å². The van der Waals surface area contributed by atoms with Crippen LogP contribution in [0.3, 0.4) is 0 Å². The van der Waals surface area contributed by atoms with E-state index in [9.17, 15) is 4.79 Å². The first-order valence-corrected chi connectivity index (χ1v) is 8.78. The predicted octanol–water partition coefficient (Wildman–Crippen LogP) is 2.74. The maximum atomic E-state index is 12.1. The van der Waals surface area contributed by atoms with Crippen molar-refractivity contribution < 1.29 is 14.1 Å². The third-order valence-electron chi connectivity index (χ3n) is 4.33. The van der Waals surface area contributed by atoms with Crippen LogP contribution in [0.2, 0.25) is 0 Å². The zero-order valence-corrected chi connectivity index (χ0v) is 14.9. The molecule has 1 aliphatic heterocycles. The van der Waals surface area contributed by atoms with Crippen molar-refractivity contribution in [1.82, 2.24) is 25.0 Å². The molecule has 0 bridgehead atoms. The number of nitrogens with zero attached hydrogens (tertiary/aromatic N) is 4. The van der Waals surface area contributed by atoms with E-state index < -0.39 is 0 Å². The van der Waals surface area contributed by atoms with Crippen molar-refractivity contribution in [2.24, 2.45) is 0 Å². The number of hydrogen-bond acceptors (Lipinski definition) is 6. The third kappa shape index (κ3) is 3.98. The van der Waals surface area contributed by atoms with Gasteiger partial charge < -0.3 is 24.5 Å². The van der Waals surface area contributed by atoms with Crippen molar-refractivity contribution in [3.63, 3.8) is 0 Å². The number of aryl methyl sites for hydroxylation is 1. The van der Waals surface area contributed by atoms with Crippen LogP contribution in [-0.4, -0.2) is 32.3 Å². The van der Waals surface area contributed by atoms with E-state index in [2.05, 4.69) is 25.8 Å². The number of carbonyl (C=O) groups excluding carboxylic acids is 1. The molecule has 27 heavy (non-hydrogen) atoms. The fourth-order valence-electron chi connectivity index (χ4n) is 2.93. The minimum atomic E-state index is -0.343. The van der Waals surface area contributed by atoms with E-state index in [0.29, 0.717) is 24.0 Å². The lowest BCUT2D eigenvalue weighted by Gasteiger charge is -2.08. The maximum Gasteiger partial charge on any atom is 0.319 e. The Kier molecular flexibility index (Phi) is 4.84. The Morgan fingerprint density at radius 3 is 2.89 bits per heavy atom. The molecule has 0 saturated carbocycles. The summed E-state index contributed by atoms with van der Waals surface area (Å²) >= 11 is 0. The monoisotopic (exact) mass is 368 g/mol. The number of carbonyl (C=O) groups is 1. The first kappa shape index (κ1) is 17.2. The fraction of sp³-hybridized carbons (Fsp3) is 0.333. The Morgan fingerprint density at radius 1 is 1.33 bits per heavy atom. The van der Waals surface area contributed by atoms with Gasteiger partial charge in [0, 0.05) is 30.4 Å². The van der Waals surface area contributed by atoms with Crippen LogP contribution in [0.25, 0.3) is 5.69 Å². The molecule has 140 valence electrons. The van der Waals surface area contributed by atoms with Gasteiger partial charge in [0.15, 0.2) is 5.82 Å². The van der Waals surface area contributed by atoms with E-state index in [4.69, 9.17) is 9.26 Å². The second kappa shape index (κ2) is 7.58. The molecule has 0 unspecified atom stereocenters. The van der Waals surface area contributed by atoms with E-state index in [1.165, 1.54) is 0 Å². The second-order valence-corrected chi connectivity index (χ2v) is 6.25. The second-order valence-electron chi connectivity index (χ2n) is 6.25. The molecule has 3 heterocycles. The van der Waals surface area contributed by atoms with Gasteiger partial charge in [0.05, 0.1) is 6.54 Å². The molecule has 2 N–H and O–H groups in total. The average molecular weight is 368 g/mol. The number of rotatable bonds is 5. The number of hydrogen-bond donors (Lipinski definition) is 2. The highest BCUT2D eigenvalue weighted by Gasteiger charge is 2.23. The molecule has 0 aliphatic carbocycles. The fourth-order valence-corrected chi connectivity index (χ4v) is 2.93. The standard InChI is InChI=1S/C18H20N6O3/c1-12-19-8-9-24(12)14-6-4-13(5-7-14)21-18(25)20-11-16-22-17(27-23-16)15-3-2-10-26-15/h4-9,15H,2-3,10-11H2,1H3,(H2,20,21,25)/t15-/m1/s1. The summed E-state index contributed by atoms with van der Waals surface area (Å²) < 4.78 is 12.7. The molecule has 9 nitrogen and oxygen atoms in total. The first-order chi connectivity index (χ1) is 13.2. The Morgan fingerprint density at radius 2 is 2.19 bits per heavy atom. The highest BCUT2D eigenvalue weighted by atomic mass is 16.5. The van der Waals surface area contributed by atoms with Crippen molar-refractivity contribution in [3.05, 3.63) is 54.2 Å². The quantitative estimate of drug-likeness (QED) is 0.717. The van der Waals surface area contributed by atoms with Crippen LogP contribution in [0.4, 0.5) is 10.5 Å². The Balaban J connectivity index is 1.30. The minimum Gasteiger partial charge on any atom is -0.368 e. The van der Waals surface area contributed by atoms with Gasteiger partial charge in [0.1, 0.15) is 11.9 Å². The first-order valence-electron chi connectivity index (χ1n) is 8.78.